The summed E-state index contributed by atoms with van der Waals surface area (Å²) in [6.45, 7) is 2.52. The average molecular weight is 284 g/mol. The van der Waals surface area contributed by atoms with Gasteiger partial charge in [0.15, 0.2) is 0 Å². The number of carbonyl (C=O) groups is 1. The van der Waals surface area contributed by atoms with Crippen molar-refractivity contribution in [3.63, 3.8) is 0 Å². The van der Waals surface area contributed by atoms with Crippen LogP contribution in [0.4, 0.5) is 17.1 Å². The van der Waals surface area contributed by atoms with Crippen LogP contribution in [0.1, 0.15) is 17.3 Å². The van der Waals surface area contributed by atoms with Crippen molar-refractivity contribution in [2.75, 3.05) is 36.2 Å². The number of carbonyl (C=O) groups excluding carboxylic acids is 1. The summed E-state index contributed by atoms with van der Waals surface area (Å²) in [5, 5.41) is 0. The molecule has 5 nitrogen and oxygen atoms in total. The molecule has 1 amide bonds. The quantitative estimate of drug-likeness (QED) is 0.876. The molecule has 5 heteroatoms. The molecule has 0 aliphatic rings. The summed E-state index contributed by atoms with van der Waals surface area (Å²) in [5.41, 5.74) is 8.92. The van der Waals surface area contributed by atoms with E-state index in [1.54, 1.807) is 29.4 Å². The summed E-state index contributed by atoms with van der Waals surface area (Å²) in [5.74, 6) is -0.0688. The number of nitrogen functional groups attached to an aromatic ring is 1. The molecule has 1 heterocycles. The van der Waals surface area contributed by atoms with Gasteiger partial charge in [-0.3, -0.25) is 9.78 Å². The summed E-state index contributed by atoms with van der Waals surface area (Å²) in [6.07, 6.45) is 3.35. The lowest BCUT2D eigenvalue weighted by atomic mass is 10.1. The summed E-state index contributed by atoms with van der Waals surface area (Å²) in [4.78, 5) is 20.2. The zero-order chi connectivity index (χ0) is 15.4. The number of benzene rings is 1. The lowest BCUT2D eigenvalue weighted by molar-refractivity contribution is 0.0988. The zero-order valence-electron chi connectivity index (χ0n) is 12.6. The minimum Gasteiger partial charge on any atom is -0.397 e. The van der Waals surface area contributed by atoms with Crippen LogP contribution < -0.4 is 15.5 Å². The molecule has 0 aliphatic carbocycles. The molecule has 2 aromatic rings. The standard InChI is InChI=1S/C16H20N4O/c1-4-20(13-7-9-18-10-8-13)16(21)12-5-6-15(19(2)3)14(17)11-12/h5-11H,4,17H2,1-3H3. The molecule has 1 aromatic heterocycles. The minimum absolute atomic E-state index is 0.0688. The van der Waals surface area contributed by atoms with E-state index in [9.17, 15) is 4.79 Å². The van der Waals surface area contributed by atoms with Gasteiger partial charge in [0.25, 0.3) is 5.91 Å². The average Bonchev–Trinajstić information content (AvgIpc) is 2.48. The van der Waals surface area contributed by atoms with Crippen molar-refractivity contribution >= 4 is 23.0 Å². The van der Waals surface area contributed by atoms with E-state index in [4.69, 9.17) is 5.73 Å². The molecule has 2 rings (SSSR count). The molecule has 0 radical (unpaired) electrons. The largest absolute Gasteiger partial charge is 0.397 e. The van der Waals surface area contributed by atoms with Gasteiger partial charge >= 0.3 is 0 Å². The summed E-state index contributed by atoms with van der Waals surface area (Å²) >= 11 is 0. The number of pyridine rings is 1. The SMILES string of the molecule is CCN(C(=O)c1ccc(N(C)C)c(N)c1)c1ccncc1. The zero-order valence-corrected chi connectivity index (χ0v) is 12.6. The Hall–Kier alpha value is -2.56. The molecule has 2 N–H and O–H groups in total. The topological polar surface area (TPSA) is 62.5 Å². The highest BCUT2D eigenvalue weighted by Crippen LogP contribution is 2.24. The Kier molecular flexibility index (Phi) is 4.42. The number of hydrogen-bond acceptors (Lipinski definition) is 4. The number of nitrogens with two attached hydrogens (primary N) is 1. The van der Waals surface area contributed by atoms with Gasteiger partial charge in [-0.2, -0.15) is 0 Å². The lowest BCUT2D eigenvalue weighted by Crippen LogP contribution is -2.30. The predicted octanol–water partition coefficient (Wildman–Crippen LogP) is 2.40. The van der Waals surface area contributed by atoms with Gasteiger partial charge in [-0.25, -0.2) is 0 Å². The van der Waals surface area contributed by atoms with E-state index < -0.39 is 0 Å². The molecule has 21 heavy (non-hydrogen) atoms. The maximum Gasteiger partial charge on any atom is 0.258 e. The monoisotopic (exact) mass is 284 g/mol. The second kappa shape index (κ2) is 6.26. The van der Waals surface area contributed by atoms with Gasteiger partial charge in [-0.15, -0.1) is 0 Å². The van der Waals surface area contributed by atoms with Gasteiger partial charge < -0.3 is 15.5 Å². The fourth-order valence-electron chi connectivity index (χ4n) is 2.22. The van der Waals surface area contributed by atoms with Crippen LogP contribution in [-0.4, -0.2) is 31.5 Å². The van der Waals surface area contributed by atoms with Crippen LogP contribution in [0.5, 0.6) is 0 Å². The van der Waals surface area contributed by atoms with Crippen molar-refractivity contribution < 1.29 is 4.79 Å². The van der Waals surface area contributed by atoms with Crippen LogP contribution in [0, 0.1) is 0 Å². The molecule has 110 valence electrons. The van der Waals surface area contributed by atoms with Crippen LogP contribution in [-0.2, 0) is 0 Å². The van der Waals surface area contributed by atoms with Gasteiger partial charge in [0.2, 0.25) is 0 Å². The molecule has 0 spiro atoms. The molecule has 0 fully saturated rings. The van der Waals surface area contributed by atoms with Crippen molar-refractivity contribution in [2.45, 2.75) is 6.92 Å². The Labute approximate surface area is 125 Å². The number of amides is 1. The first-order valence-electron chi connectivity index (χ1n) is 6.83. The predicted molar refractivity (Wildman–Crippen MR) is 86.8 cm³/mol. The van der Waals surface area contributed by atoms with E-state index in [-0.39, 0.29) is 5.91 Å². The van der Waals surface area contributed by atoms with Crippen LogP contribution in [0.2, 0.25) is 0 Å². The number of hydrogen-bond donors (Lipinski definition) is 1. The molecular weight excluding hydrogens is 264 g/mol. The normalized spacial score (nSPS) is 10.2. The maximum atomic E-state index is 12.6. The van der Waals surface area contributed by atoms with Crippen molar-refractivity contribution in [1.82, 2.24) is 4.98 Å². The van der Waals surface area contributed by atoms with Gasteiger partial charge in [-0.05, 0) is 37.3 Å². The number of anilines is 3. The number of aromatic nitrogens is 1. The smallest absolute Gasteiger partial charge is 0.258 e. The minimum atomic E-state index is -0.0688. The van der Waals surface area contributed by atoms with Crippen LogP contribution >= 0.6 is 0 Å². The molecular formula is C16H20N4O. The van der Waals surface area contributed by atoms with Crippen molar-refractivity contribution in [3.8, 4) is 0 Å². The number of nitrogens with zero attached hydrogens (tertiary/aromatic N) is 3. The second-order valence-corrected chi connectivity index (χ2v) is 4.92. The van der Waals surface area contributed by atoms with E-state index in [0.717, 1.165) is 11.4 Å². The van der Waals surface area contributed by atoms with E-state index in [0.29, 0.717) is 17.8 Å². The molecule has 1 aromatic carbocycles. The highest BCUT2D eigenvalue weighted by atomic mass is 16.2. The second-order valence-electron chi connectivity index (χ2n) is 4.92. The number of rotatable bonds is 4. The van der Waals surface area contributed by atoms with Crippen LogP contribution in [0.15, 0.2) is 42.7 Å². The molecule has 0 atom stereocenters. The Balaban J connectivity index is 2.32. The van der Waals surface area contributed by atoms with Gasteiger partial charge in [0.05, 0.1) is 11.4 Å². The highest BCUT2D eigenvalue weighted by Gasteiger charge is 2.17. The Bertz CT molecular complexity index is 625. The summed E-state index contributed by atoms with van der Waals surface area (Å²) < 4.78 is 0. The lowest BCUT2D eigenvalue weighted by Gasteiger charge is -2.22. The third kappa shape index (κ3) is 3.13. The van der Waals surface area contributed by atoms with Gasteiger partial charge in [-0.1, -0.05) is 0 Å². The third-order valence-corrected chi connectivity index (χ3v) is 3.29. The van der Waals surface area contributed by atoms with E-state index >= 15 is 0 Å². The fourth-order valence-corrected chi connectivity index (χ4v) is 2.22. The molecule has 0 bridgehead atoms. The van der Waals surface area contributed by atoms with Crippen molar-refractivity contribution in [3.05, 3.63) is 48.3 Å². The summed E-state index contributed by atoms with van der Waals surface area (Å²) in [6, 6.07) is 9.03. The van der Waals surface area contributed by atoms with Crippen molar-refractivity contribution in [1.29, 1.82) is 0 Å². The first-order chi connectivity index (χ1) is 10.0. The Morgan fingerprint density at radius 2 is 1.86 bits per heavy atom. The Morgan fingerprint density at radius 3 is 2.38 bits per heavy atom. The summed E-state index contributed by atoms with van der Waals surface area (Å²) in [7, 11) is 3.84. The Morgan fingerprint density at radius 1 is 1.19 bits per heavy atom. The first kappa shape index (κ1) is 14.8. The van der Waals surface area contributed by atoms with Crippen LogP contribution in [0.3, 0.4) is 0 Å². The molecule has 0 saturated carbocycles. The maximum absolute atomic E-state index is 12.6. The van der Waals surface area contributed by atoms with E-state index in [2.05, 4.69) is 4.98 Å². The molecule has 0 unspecified atom stereocenters. The van der Waals surface area contributed by atoms with Gasteiger partial charge in [0, 0.05) is 44.3 Å². The van der Waals surface area contributed by atoms with Gasteiger partial charge in [0.1, 0.15) is 0 Å². The third-order valence-electron chi connectivity index (χ3n) is 3.29. The van der Waals surface area contributed by atoms with E-state index in [1.807, 2.05) is 44.1 Å². The first-order valence-corrected chi connectivity index (χ1v) is 6.83. The highest BCUT2D eigenvalue weighted by molar-refractivity contribution is 6.07. The van der Waals surface area contributed by atoms with Crippen LogP contribution in [0.25, 0.3) is 0 Å². The molecule has 0 saturated heterocycles. The van der Waals surface area contributed by atoms with Crippen molar-refractivity contribution in [2.24, 2.45) is 0 Å². The van der Waals surface area contributed by atoms with E-state index in [1.165, 1.54) is 0 Å². The molecule has 0 aliphatic heterocycles. The fraction of sp³-hybridized carbons (Fsp3) is 0.250.